The molecule has 2 bridgehead atoms. The van der Waals surface area contributed by atoms with Crippen LogP contribution in [0.15, 0.2) is 35.4 Å². The maximum atomic E-state index is 14.4. The van der Waals surface area contributed by atoms with Crippen LogP contribution in [0.3, 0.4) is 0 Å². The van der Waals surface area contributed by atoms with Crippen molar-refractivity contribution in [1.82, 2.24) is 0 Å². The molecule has 5 rings (SSSR count). The highest BCUT2D eigenvalue weighted by atomic mass is 35.5. The van der Waals surface area contributed by atoms with E-state index in [1.165, 1.54) is 12.1 Å². The Labute approximate surface area is 224 Å². The number of allylic oxidation sites excluding steroid dienone is 1. The summed E-state index contributed by atoms with van der Waals surface area (Å²) in [5.74, 6) is -1.82. The average molecular weight is 556 g/mol. The molecule has 4 aliphatic rings. The highest BCUT2D eigenvalue weighted by Crippen LogP contribution is 2.71. The summed E-state index contributed by atoms with van der Waals surface area (Å²) in [7, 11) is 0. The number of hydrogen-bond acceptors (Lipinski definition) is 6. The zero-order valence-corrected chi connectivity index (χ0v) is 22.7. The first kappa shape index (κ1) is 26.2. The predicted octanol–water partition coefficient (Wildman–Crippen LogP) is 4.64. The van der Waals surface area contributed by atoms with Crippen LogP contribution in [-0.4, -0.2) is 51.5 Å². The van der Waals surface area contributed by atoms with Crippen LogP contribution < -0.4 is 0 Å². The molecule has 1 aromatic rings. The molecule has 194 valence electrons. The van der Waals surface area contributed by atoms with Gasteiger partial charge < -0.3 is 20.1 Å². The molecule has 9 heteroatoms. The van der Waals surface area contributed by atoms with Crippen LogP contribution in [0, 0.1) is 34.5 Å². The Morgan fingerprint density at radius 2 is 1.81 bits per heavy atom. The van der Waals surface area contributed by atoms with Crippen molar-refractivity contribution >= 4 is 46.6 Å². The molecule has 1 spiro atoms. The van der Waals surface area contributed by atoms with E-state index >= 15 is 0 Å². The third kappa shape index (κ3) is 3.21. The maximum Gasteiger partial charge on any atom is 0.341 e. The Kier molecular flexibility index (Phi) is 6.04. The molecule has 0 aromatic heterocycles. The third-order valence-electron chi connectivity index (χ3n) is 9.33. The lowest BCUT2D eigenvalue weighted by molar-refractivity contribution is -0.190. The van der Waals surface area contributed by atoms with Gasteiger partial charge in [-0.05, 0) is 59.8 Å². The number of rotatable bonds is 3. The first-order valence-corrected chi connectivity index (χ1v) is 13.2. The molecule has 8 unspecified atom stereocenters. The zero-order valence-electron chi connectivity index (χ0n) is 20.4. The Morgan fingerprint density at radius 1 is 1.19 bits per heavy atom. The second-order valence-electron chi connectivity index (χ2n) is 11.4. The number of ketones is 1. The quantitative estimate of drug-likeness (QED) is 0.371. The number of aliphatic hydroxyl groups is 3. The fraction of sp³-hybridized carbons (Fsp3) is 0.556. The van der Waals surface area contributed by atoms with Crippen molar-refractivity contribution < 1.29 is 29.6 Å². The highest BCUT2D eigenvalue weighted by Gasteiger charge is 2.76. The molecule has 0 radical (unpaired) electrons. The molecule has 36 heavy (non-hydrogen) atoms. The van der Waals surface area contributed by atoms with Gasteiger partial charge in [0.05, 0.1) is 27.6 Å². The topological polar surface area (TPSA) is 104 Å². The summed E-state index contributed by atoms with van der Waals surface area (Å²) in [4.78, 5) is 27.7. The number of halogens is 3. The summed E-state index contributed by atoms with van der Waals surface area (Å²) in [5, 5.41) is 34.4. The monoisotopic (exact) mass is 554 g/mol. The number of hydrogen-bond donors (Lipinski definition) is 3. The van der Waals surface area contributed by atoms with Crippen molar-refractivity contribution in [3.05, 3.63) is 56.1 Å². The SMILES string of the molecule is CC1=CC23C(=O)C(C=C(CO)C(O)C2(O)C1OC(=O)c1c(Cl)cc(Cl)cc1Cl)C1C(CC3C)C1(C)C. The molecule has 2 saturated carbocycles. The van der Waals surface area contributed by atoms with E-state index in [9.17, 15) is 24.9 Å². The molecule has 0 saturated heterocycles. The minimum absolute atomic E-state index is 0.0301. The van der Waals surface area contributed by atoms with Gasteiger partial charge in [0.1, 0.15) is 6.10 Å². The smallest absolute Gasteiger partial charge is 0.341 e. The zero-order chi connectivity index (χ0) is 26.5. The standard InChI is InChI=1S/C27H29Cl3O6/c1-11-9-26-12(2)5-16-20(25(16,3)4)15(22(26)33)6-13(10-31)21(32)27(26,35)23(11)36-24(34)19-17(29)7-14(28)8-18(19)30/h6-9,12,15-16,20-21,23,31-32,35H,5,10H2,1-4H3. The van der Waals surface area contributed by atoms with Crippen molar-refractivity contribution in [1.29, 1.82) is 0 Å². The number of benzene rings is 1. The number of carbonyl (C=O) groups excluding carboxylic acids is 2. The lowest BCUT2D eigenvalue weighted by atomic mass is 9.59. The van der Waals surface area contributed by atoms with Crippen LogP contribution >= 0.6 is 34.8 Å². The van der Waals surface area contributed by atoms with Crippen LogP contribution in [0.5, 0.6) is 0 Å². The number of fused-ring (bicyclic) bond motifs is 3. The molecule has 0 amide bonds. The highest BCUT2D eigenvalue weighted by molar-refractivity contribution is 6.41. The summed E-state index contributed by atoms with van der Waals surface area (Å²) in [6.07, 6.45) is 0.928. The van der Waals surface area contributed by atoms with Gasteiger partial charge in [-0.3, -0.25) is 4.79 Å². The second-order valence-corrected chi connectivity index (χ2v) is 12.6. The minimum Gasteiger partial charge on any atom is -0.451 e. The molecule has 3 N–H and O–H groups in total. The van der Waals surface area contributed by atoms with Crippen LogP contribution in [0.1, 0.15) is 44.5 Å². The van der Waals surface area contributed by atoms with E-state index in [2.05, 4.69) is 13.8 Å². The molecule has 1 aromatic carbocycles. The molecule has 2 fully saturated rings. The summed E-state index contributed by atoms with van der Waals surface area (Å²) in [5.41, 5.74) is -3.40. The van der Waals surface area contributed by atoms with Crippen molar-refractivity contribution in [2.75, 3.05) is 6.61 Å². The van der Waals surface area contributed by atoms with E-state index < -0.39 is 41.7 Å². The van der Waals surface area contributed by atoms with Gasteiger partial charge in [-0.15, -0.1) is 0 Å². The van der Waals surface area contributed by atoms with Gasteiger partial charge in [0, 0.05) is 10.9 Å². The molecular weight excluding hydrogens is 527 g/mol. The van der Waals surface area contributed by atoms with E-state index in [0.717, 1.165) is 0 Å². The van der Waals surface area contributed by atoms with Gasteiger partial charge in [-0.1, -0.05) is 67.7 Å². The number of ether oxygens (including phenoxy) is 1. The van der Waals surface area contributed by atoms with Crippen molar-refractivity contribution in [3.63, 3.8) is 0 Å². The summed E-state index contributed by atoms with van der Waals surface area (Å²) < 4.78 is 5.81. The molecule has 6 nitrogen and oxygen atoms in total. The van der Waals surface area contributed by atoms with E-state index in [0.29, 0.717) is 12.0 Å². The Hall–Kier alpha value is -1.41. The largest absolute Gasteiger partial charge is 0.451 e. The van der Waals surface area contributed by atoms with Crippen LogP contribution in [0.2, 0.25) is 15.1 Å². The number of carbonyl (C=O) groups is 2. The van der Waals surface area contributed by atoms with E-state index in [1.807, 2.05) is 6.92 Å². The van der Waals surface area contributed by atoms with Crippen molar-refractivity contribution in [3.8, 4) is 0 Å². The average Bonchev–Trinajstić information content (AvgIpc) is 3.27. The van der Waals surface area contributed by atoms with Gasteiger partial charge >= 0.3 is 5.97 Å². The van der Waals surface area contributed by atoms with Gasteiger partial charge in [0.25, 0.3) is 0 Å². The summed E-state index contributed by atoms with van der Waals surface area (Å²) >= 11 is 18.4. The van der Waals surface area contributed by atoms with E-state index in [4.69, 9.17) is 39.5 Å². The third-order valence-corrected chi connectivity index (χ3v) is 10.1. The van der Waals surface area contributed by atoms with Gasteiger partial charge in [0.2, 0.25) is 0 Å². The fourth-order valence-electron chi connectivity index (χ4n) is 7.50. The lowest BCUT2D eigenvalue weighted by Crippen LogP contribution is -2.65. The second kappa shape index (κ2) is 8.29. The Morgan fingerprint density at radius 3 is 2.39 bits per heavy atom. The Balaban J connectivity index is 1.64. The van der Waals surface area contributed by atoms with E-state index in [-0.39, 0.29) is 55.2 Å². The first-order chi connectivity index (χ1) is 16.7. The molecule has 0 heterocycles. The molecular formula is C27H29Cl3O6. The molecule has 0 aliphatic heterocycles. The van der Waals surface area contributed by atoms with E-state index in [1.54, 1.807) is 19.1 Å². The van der Waals surface area contributed by atoms with Crippen LogP contribution in [-0.2, 0) is 9.53 Å². The van der Waals surface area contributed by atoms with Gasteiger partial charge in [0.15, 0.2) is 17.5 Å². The number of Topliss-reactive ketones (excluding diaryl/α,β-unsaturated/α-hetero) is 1. The maximum absolute atomic E-state index is 14.4. The molecule has 4 aliphatic carbocycles. The Bertz CT molecular complexity index is 1210. The predicted molar refractivity (Wildman–Crippen MR) is 136 cm³/mol. The van der Waals surface area contributed by atoms with Crippen molar-refractivity contribution in [2.45, 2.75) is 51.9 Å². The molecule has 8 atom stereocenters. The lowest BCUT2D eigenvalue weighted by Gasteiger charge is -2.48. The minimum atomic E-state index is -2.24. The normalized spacial score (nSPS) is 40.3. The first-order valence-electron chi connectivity index (χ1n) is 12.0. The van der Waals surface area contributed by atoms with Gasteiger partial charge in [-0.2, -0.15) is 0 Å². The van der Waals surface area contributed by atoms with Gasteiger partial charge in [-0.25, -0.2) is 4.79 Å². The van der Waals surface area contributed by atoms with Crippen LogP contribution in [0.25, 0.3) is 0 Å². The number of esters is 1. The fourth-order valence-corrected chi connectivity index (χ4v) is 8.47. The summed E-state index contributed by atoms with van der Waals surface area (Å²) in [6.45, 7) is 7.25. The van der Waals surface area contributed by atoms with Crippen molar-refractivity contribution in [2.24, 2.45) is 34.5 Å². The summed E-state index contributed by atoms with van der Waals surface area (Å²) in [6, 6.07) is 2.70. The van der Waals surface area contributed by atoms with Crippen LogP contribution in [0.4, 0.5) is 0 Å². The number of aliphatic hydroxyl groups excluding tert-OH is 2.